The van der Waals surface area contributed by atoms with E-state index >= 15 is 0 Å². The Kier molecular flexibility index (Phi) is 5.61. The number of hydrogen-bond donors (Lipinski definition) is 1. The van der Waals surface area contributed by atoms with E-state index in [1.54, 1.807) is 17.0 Å². The number of benzene rings is 2. The summed E-state index contributed by atoms with van der Waals surface area (Å²) in [5, 5.41) is 2.34. The van der Waals surface area contributed by atoms with E-state index in [9.17, 15) is 18.0 Å². The molecule has 166 valence electrons. The third-order valence-electron chi connectivity index (χ3n) is 5.52. The zero-order valence-corrected chi connectivity index (χ0v) is 19.3. The van der Waals surface area contributed by atoms with Crippen molar-refractivity contribution in [2.24, 2.45) is 0 Å². The normalized spacial score (nSPS) is 19.6. The highest BCUT2D eigenvalue weighted by Crippen LogP contribution is 2.37. The van der Waals surface area contributed by atoms with Gasteiger partial charge in [-0.2, -0.15) is 13.1 Å². The highest BCUT2D eigenvalue weighted by atomic mass is 32.2. The highest BCUT2D eigenvalue weighted by molar-refractivity contribution is 8.01. The second-order valence-corrected chi connectivity index (χ2v) is 11.1. The number of para-hydroxylation sites is 1. The molecule has 2 amide bonds. The molecule has 2 aromatic carbocycles. The summed E-state index contributed by atoms with van der Waals surface area (Å²) in [4.78, 5) is 27.9. The number of thioether (sulfide) groups is 1. The van der Waals surface area contributed by atoms with Gasteiger partial charge in [-0.1, -0.05) is 18.2 Å². The van der Waals surface area contributed by atoms with Crippen molar-refractivity contribution in [2.75, 3.05) is 31.5 Å². The molecular weight excluding hydrogens is 470 g/mol. The summed E-state index contributed by atoms with van der Waals surface area (Å²) in [6, 6.07) is 12.4. The average molecular weight is 490 g/mol. The van der Waals surface area contributed by atoms with Crippen molar-refractivity contribution in [3.05, 3.63) is 42.5 Å². The molecule has 1 fully saturated rings. The van der Waals surface area contributed by atoms with E-state index in [1.807, 2.05) is 24.3 Å². The number of carbonyl (C=O) groups is 2. The van der Waals surface area contributed by atoms with E-state index in [0.717, 1.165) is 22.3 Å². The van der Waals surface area contributed by atoms with Crippen molar-refractivity contribution in [1.29, 1.82) is 0 Å². The van der Waals surface area contributed by atoms with Crippen molar-refractivity contribution in [1.82, 2.24) is 18.0 Å². The Labute approximate surface area is 193 Å². The van der Waals surface area contributed by atoms with Crippen LogP contribution in [0.1, 0.15) is 6.42 Å². The molecule has 0 spiro atoms. The van der Waals surface area contributed by atoms with Crippen molar-refractivity contribution < 1.29 is 18.0 Å². The second kappa shape index (κ2) is 8.43. The minimum Gasteiger partial charge on any atom is -0.340 e. The van der Waals surface area contributed by atoms with Gasteiger partial charge < -0.3 is 10.2 Å². The SMILES string of the molecule is O=C1Nc2ccccc2SC1CC(=O)N1CCN(S(=O)(=O)c2cccc3nsnc23)CC1. The highest BCUT2D eigenvalue weighted by Gasteiger charge is 2.34. The summed E-state index contributed by atoms with van der Waals surface area (Å²) in [6.45, 7) is 0.932. The maximum absolute atomic E-state index is 13.2. The number of nitrogens with zero attached hydrogens (tertiary/aromatic N) is 4. The molecule has 2 aliphatic heterocycles. The van der Waals surface area contributed by atoms with E-state index in [0.29, 0.717) is 11.0 Å². The lowest BCUT2D eigenvalue weighted by molar-refractivity contribution is -0.133. The molecule has 1 atom stereocenters. The largest absolute Gasteiger partial charge is 0.340 e. The first-order valence-corrected chi connectivity index (χ1v) is 13.0. The second-order valence-electron chi connectivity index (χ2n) is 7.47. The number of rotatable bonds is 4. The number of carbonyl (C=O) groups excluding carboxylic acids is 2. The van der Waals surface area contributed by atoms with Crippen molar-refractivity contribution in [3.63, 3.8) is 0 Å². The molecule has 3 aromatic rings. The van der Waals surface area contributed by atoms with Crippen LogP contribution in [0.15, 0.2) is 52.3 Å². The van der Waals surface area contributed by atoms with Crippen LogP contribution in [0.3, 0.4) is 0 Å². The summed E-state index contributed by atoms with van der Waals surface area (Å²) in [5.74, 6) is -0.340. The van der Waals surface area contributed by atoms with Gasteiger partial charge in [-0.25, -0.2) is 8.42 Å². The number of hydrogen-bond acceptors (Lipinski definition) is 8. The monoisotopic (exact) mass is 489 g/mol. The summed E-state index contributed by atoms with van der Waals surface area (Å²) in [5.41, 5.74) is 1.68. The Morgan fingerprint density at radius 3 is 2.66 bits per heavy atom. The lowest BCUT2D eigenvalue weighted by atomic mass is 10.2. The topological polar surface area (TPSA) is 113 Å². The van der Waals surface area contributed by atoms with Gasteiger partial charge in [0.25, 0.3) is 0 Å². The molecule has 1 aromatic heterocycles. The van der Waals surface area contributed by atoms with E-state index in [1.165, 1.54) is 22.1 Å². The lowest BCUT2D eigenvalue weighted by Crippen LogP contribution is -2.51. The molecule has 12 heteroatoms. The van der Waals surface area contributed by atoms with Gasteiger partial charge in [-0.15, -0.1) is 11.8 Å². The standard InChI is InChI=1S/C20H19N5O4S3/c26-18(12-16-20(27)21-13-4-1-2-6-15(13)30-16)24-8-10-25(11-9-24)32(28,29)17-7-3-5-14-19(17)23-31-22-14/h1-7,16H,8-12H2,(H,21,27). The minimum absolute atomic E-state index is 0.0708. The Hall–Kier alpha value is -2.54. The smallest absolute Gasteiger partial charge is 0.245 e. The first-order valence-electron chi connectivity index (χ1n) is 9.99. The number of piperazine rings is 1. The van der Waals surface area contributed by atoms with Gasteiger partial charge in [0, 0.05) is 37.5 Å². The Morgan fingerprint density at radius 1 is 1.06 bits per heavy atom. The molecule has 0 saturated carbocycles. The van der Waals surface area contributed by atoms with Crippen LogP contribution in [0.25, 0.3) is 11.0 Å². The van der Waals surface area contributed by atoms with Gasteiger partial charge in [-0.05, 0) is 24.3 Å². The van der Waals surface area contributed by atoms with Gasteiger partial charge >= 0.3 is 0 Å². The minimum atomic E-state index is -3.75. The van der Waals surface area contributed by atoms with Crippen LogP contribution in [-0.4, -0.2) is 69.6 Å². The van der Waals surface area contributed by atoms with Crippen LogP contribution >= 0.6 is 23.5 Å². The molecule has 1 N–H and O–H groups in total. The van der Waals surface area contributed by atoms with Gasteiger partial charge in [0.05, 0.1) is 22.7 Å². The Morgan fingerprint density at radius 2 is 1.84 bits per heavy atom. The quantitative estimate of drug-likeness (QED) is 0.597. The molecule has 1 unspecified atom stereocenters. The summed E-state index contributed by atoms with van der Waals surface area (Å²) < 4.78 is 35.9. The third-order valence-corrected chi connectivity index (χ3v) is 9.27. The number of nitrogens with one attached hydrogen (secondary N) is 1. The third kappa shape index (κ3) is 3.87. The number of anilines is 1. The van der Waals surface area contributed by atoms with E-state index in [2.05, 4.69) is 14.1 Å². The van der Waals surface area contributed by atoms with E-state index in [-0.39, 0.29) is 49.3 Å². The molecule has 0 radical (unpaired) electrons. The van der Waals surface area contributed by atoms with Crippen molar-refractivity contribution in [3.8, 4) is 0 Å². The average Bonchev–Trinajstić information content (AvgIpc) is 3.28. The lowest BCUT2D eigenvalue weighted by Gasteiger charge is -2.35. The van der Waals surface area contributed by atoms with Crippen molar-refractivity contribution in [2.45, 2.75) is 21.5 Å². The molecule has 9 nitrogen and oxygen atoms in total. The maximum atomic E-state index is 13.2. The van der Waals surface area contributed by atoms with Crippen LogP contribution in [0.2, 0.25) is 0 Å². The zero-order chi connectivity index (χ0) is 22.3. The van der Waals surface area contributed by atoms with Gasteiger partial charge in [-0.3, -0.25) is 9.59 Å². The molecule has 0 aliphatic carbocycles. The number of amides is 2. The predicted molar refractivity (Wildman–Crippen MR) is 122 cm³/mol. The van der Waals surface area contributed by atoms with Crippen LogP contribution in [0.5, 0.6) is 0 Å². The maximum Gasteiger partial charge on any atom is 0.245 e. The van der Waals surface area contributed by atoms with Gasteiger partial charge in [0.2, 0.25) is 21.8 Å². The first-order chi connectivity index (χ1) is 15.4. The first kappa shape index (κ1) is 21.3. The van der Waals surface area contributed by atoms with Crippen LogP contribution in [0.4, 0.5) is 5.69 Å². The fourth-order valence-electron chi connectivity index (χ4n) is 3.82. The molecule has 5 rings (SSSR count). The molecule has 0 bridgehead atoms. The van der Waals surface area contributed by atoms with Gasteiger partial charge in [0.1, 0.15) is 15.9 Å². The number of fused-ring (bicyclic) bond motifs is 2. The van der Waals surface area contributed by atoms with Crippen LogP contribution in [0, 0.1) is 0 Å². The fourth-order valence-corrected chi connectivity index (χ4v) is 7.10. The predicted octanol–water partition coefficient (Wildman–Crippen LogP) is 2.03. The molecule has 1 saturated heterocycles. The molecule has 2 aliphatic rings. The Balaban J connectivity index is 1.23. The molecule has 32 heavy (non-hydrogen) atoms. The summed E-state index contributed by atoms with van der Waals surface area (Å²) >= 11 is 2.36. The molecular formula is C20H19N5O4S3. The fraction of sp³-hybridized carbons (Fsp3) is 0.300. The number of sulfonamides is 1. The number of aromatic nitrogens is 2. The van der Waals surface area contributed by atoms with Gasteiger partial charge in [0.15, 0.2) is 0 Å². The van der Waals surface area contributed by atoms with E-state index in [4.69, 9.17) is 0 Å². The van der Waals surface area contributed by atoms with Crippen LogP contribution < -0.4 is 5.32 Å². The zero-order valence-electron chi connectivity index (χ0n) is 16.8. The summed E-state index contributed by atoms with van der Waals surface area (Å²) in [6.07, 6.45) is 0.0708. The van der Waals surface area contributed by atoms with Crippen molar-refractivity contribution >= 4 is 62.0 Å². The summed E-state index contributed by atoms with van der Waals surface area (Å²) in [7, 11) is -3.75. The van der Waals surface area contributed by atoms with Crippen LogP contribution in [-0.2, 0) is 19.6 Å². The molecule has 3 heterocycles. The van der Waals surface area contributed by atoms with E-state index < -0.39 is 15.3 Å². The Bertz CT molecular complexity index is 1300.